The van der Waals surface area contributed by atoms with Crippen molar-refractivity contribution in [1.29, 1.82) is 0 Å². The Labute approximate surface area is 137 Å². The molecule has 1 saturated heterocycles. The van der Waals surface area contributed by atoms with Gasteiger partial charge in [0.15, 0.2) is 0 Å². The molecule has 1 heterocycles. The highest BCUT2D eigenvalue weighted by Crippen LogP contribution is 2.16. The van der Waals surface area contributed by atoms with Crippen LogP contribution in [0.4, 0.5) is 0 Å². The summed E-state index contributed by atoms with van der Waals surface area (Å²) in [4.78, 5) is 11.4. The van der Waals surface area contributed by atoms with Crippen LogP contribution < -0.4 is 0 Å². The van der Waals surface area contributed by atoms with Gasteiger partial charge in [-0.1, -0.05) is 37.3 Å². The van der Waals surface area contributed by atoms with Crippen molar-refractivity contribution in [3.63, 3.8) is 0 Å². The van der Waals surface area contributed by atoms with E-state index in [9.17, 15) is 13.2 Å². The van der Waals surface area contributed by atoms with Crippen molar-refractivity contribution >= 4 is 16.0 Å². The SMILES string of the molecule is COC(=O)[C@@H](C)CS(=O)(=O)N1CCO[C@@H](Cc2ccccc2)C1. The maximum Gasteiger partial charge on any atom is 0.309 e. The van der Waals surface area contributed by atoms with E-state index < -0.39 is 21.9 Å². The van der Waals surface area contributed by atoms with E-state index in [4.69, 9.17) is 4.74 Å². The quantitative estimate of drug-likeness (QED) is 0.724. The van der Waals surface area contributed by atoms with Crippen molar-refractivity contribution in [3.05, 3.63) is 35.9 Å². The third-order valence-corrected chi connectivity index (χ3v) is 5.90. The lowest BCUT2D eigenvalue weighted by Crippen LogP contribution is -2.48. The summed E-state index contributed by atoms with van der Waals surface area (Å²) >= 11 is 0. The number of ether oxygens (including phenoxy) is 2. The molecule has 2 rings (SSSR count). The van der Waals surface area contributed by atoms with Crippen molar-refractivity contribution in [1.82, 2.24) is 4.31 Å². The Hall–Kier alpha value is -1.44. The summed E-state index contributed by atoms with van der Waals surface area (Å²) in [5, 5.41) is 0. The fourth-order valence-corrected chi connectivity index (χ4v) is 4.36. The summed E-state index contributed by atoms with van der Waals surface area (Å²) in [7, 11) is -2.25. The van der Waals surface area contributed by atoms with Gasteiger partial charge in [0.1, 0.15) is 0 Å². The Kier molecular flexibility index (Phi) is 6.15. The summed E-state index contributed by atoms with van der Waals surface area (Å²) in [6, 6.07) is 9.83. The van der Waals surface area contributed by atoms with Crippen LogP contribution in [0, 0.1) is 5.92 Å². The third-order valence-electron chi connectivity index (χ3n) is 3.87. The number of benzene rings is 1. The van der Waals surface area contributed by atoms with Crippen molar-refractivity contribution < 1.29 is 22.7 Å². The molecule has 0 saturated carbocycles. The molecule has 0 bridgehead atoms. The zero-order valence-electron chi connectivity index (χ0n) is 13.5. The average Bonchev–Trinajstić information content (AvgIpc) is 2.55. The molecule has 1 aliphatic heterocycles. The smallest absolute Gasteiger partial charge is 0.309 e. The van der Waals surface area contributed by atoms with Gasteiger partial charge in [0.25, 0.3) is 0 Å². The first-order valence-electron chi connectivity index (χ1n) is 7.63. The van der Waals surface area contributed by atoms with Gasteiger partial charge < -0.3 is 9.47 Å². The molecule has 6 nitrogen and oxygen atoms in total. The van der Waals surface area contributed by atoms with Crippen LogP contribution in [-0.2, 0) is 30.7 Å². The third kappa shape index (κ3) is 5.02. The molecule has 0 aliphatic carbocycles. The fraction of sp³-hybridized carbons (Fsp3) is 0.562. The number of morpholine rings is 1. The second kappa shape index (κ2) is 7.90. The van der Waals surface area contributed by atoms with Crippen molar-refractivity contribution in [2.45, 2.75) is 19.4 Å². The molecule has 0 amide bonds. The number of rotatable bonds is 6. The number of carbonyl (C=O) groups excluding carboxylic acids is 1. The minimum Gasteiger partial charge on any atom is -0.469 e. The second-order valence-electron chi connectivity index (χ2n) is 5.74. The monoisotopic (exact) mass is 341 g/mol. The largest absolute Gasteiger partial charge is 0.469 e. The molecule has 23 heavy (non-hydrogen) atoms. The minimum atomic E-state index is -3.51. The van der Waals surface area contributed by atoms with Crippen LogP contribution in [0.15, 0.2) is 30.3 Å². The highest BCUT2D eigenvalue weighted by molar-refractivity contribution is 7.89. The van der Waals surface area contributed by atoms with E-state index in [1.165, 1.54) is 11.4 Å². The van der Waals surface area contributed by atoms with Crippen molar-refractivity contribution in [2.24, 2.45) is 5.92 Å². The first-order valence-corrected chi connectivity index (χ1v) is 9.24. The molecule has 2 atom stereocenters. The van der Waals surface area contributed by atoms with Crippen LogP contribution in [0.1, 0.15) is 12.5 Å². The predicted octanol–water partition coefficient (Wildman–Crippen LogP) is 1.07. The number of sulfonamides is 1. The second-order valence-corrected chi connectivity index (χ2v) is 7.76. The van der Waals surface area contributed by atoms with Gasteiger partial charge in [0, 0.05) is 13.1 Å². The Morgan fingerprint density at radius 3 is 2.74 bits per heavy atom. The van der Waals surface area contributed by atoms with E-state index in [0.717, 1.165) is 5.56 Å². The summed E-state index contributed by atoms with van der Waals surface area (Å²) in [6.07, 6.45) is 0.494. The molecule has 0 N–H and O–H groups in total. The molecule has 7 heteroatoms. The predicted molar refractivity (Wildman–Crippen MR) is 86.4 cm³/mol. The van der Waals surface area contributed by atoms with Gasteiger partial charge >= 0.3 is 5.97 Å². The maximum atomic E-state index is 12.5. The molecule has 128 valence electrons. The lowest BCUT2D eigenvalue weighted by atomic mass is 10.1. The number of methoxy groups -OCH3 is 1. The topological polar surface area (TPSA) is 72.9 Å². The summed E-state index contributed by atoms with van der Waals surface area (Å²) in [5.41, 5.74) is 1.11. The molecule has 1 fully saturated rings. The van der Waals surface area contributed by atoms with Gasteiger partial charge in [-0.2, -0.15) is 4.31 Å². The van der Waals surface area contributed by atoms with Crippen molar-refractivity contribution in [2.75, 3.05) is 32.6 Å². The van der Waals surface area contributed by atoms with Crippen LogP contribution in [0.2, 0.25) is 0 Å². The number of hydrogen-bond acceptors (Lipinski definition) is 5. The van der Waals surface area contributed by atoms with E-state index in [-0.39, 0.29) is 11.9 Å². The number of nitrogens with zero attached hydrogens (tertiary/aromatic N) is 1. The number of esters is 1. The van der Waals surface area contributed by atoms with E-state index in [2.05, 4.69) is 4.74 Å². The normalized spacial score (nSPS) is 20.9. The summed E-state index contributed by atoms with van der Waals surface area (Å²) in [6.45, 7) is 2.56. The zero-order valence-corrected chi connectivity index (χ0v) is 14.3. The van der Waals surface area contributed by atoms with E-state index in [0.29, 0.717) is 26.1 Å². The van der Waals surface area contributed by atoms with Gasteiger partial charge in [-0.25, -0.2) is 8.42 Å². The zero-order chi connectivity index (χ0) is 16.9. The number of carbonyl (C=O) groups is 1. The lowest BCUT2D eigenvalue weighted by Gasteiger charge is -2.32. The Balaban J connectivity index is 1.98. The van der Waals surface area contributed by atoms with Crippen LogP contribution in [-0.4, -0.2) is 57.4 Å². The highest BCUT2D eigenvalue weighted by Gasteiger charge is 2.32. The Morgan fingerprint density at radius 1 is 1.39 bits per heavy atom. The summed E-state index contributed by atoms with van der Waals surface area (Å²) < 4.78 is 36.7. The summed E-state index contributed by atoms with van der Waals surface area (Å²) in [5.74, 6) is -1.43. The molecule has 1 aromatic carbocycles. The Bertz CT molecular complexity index is 617. The fourth-order valence-electron chi connectivity index (χ4n) is 2.64. The standard InChI is InChI=1S/C16H23NO5S/c1-13(16(18)21-2)12-23(19,20)17-8-9-22-15(11-17)10-14-6-4-3-5-7-14/h3-7,13,15H,8-12H2,1-2H3/t13-,15-/m0/s1. The highest BCUT2D eigenvalue weighted by atomic mass is 32.2. The molecule has 0 aromatic heterocycles. The van der Waals surface area contributed by atoms with Gasteiger partial charge in [-0.05, 0) is 12.0 Å². The van der Waals surface area contributed by atoms with E-state index in [1.807, 2.05) is 30.3 Å². The first-order chi connectivity index (χ1) is 10.9. The first kappa shape index (κ1) is 17.9. The lowest BCUT2D eigenvalue weighted by molar-refractivity contribution is -0.144. The van der Waals surface area contributed by atoms with Crippen LogP contribution in [0.5, 0.6) is 0 Å². The van der Waals surface area contributed by atoms with E-state index in [1.54, 1.807) is 6.92 Å². The molecular formula is C16H23NO5S. The molecule has 1 aliphatic rings. The Morgan fingerprint density at radius 2 is 2.09 bits per heavy atom. The molecule has 0 spiro atoms. The van der Waals surface area contributed by atoms with Crippen molar-refractivity contribution in [3.8, 4) is 0 Å². The molecular weight excluding hydrogens is 318 g/mol. The molecule has 0 unspecified atom stereocenters. The van der Waals surface area contributed by atoms with Gasteiger partial charge in [-0.15, -0.1) is 0 Å². The van der Waals surface area contributed by atoms with Crippen LogP contribution in [0.3, 0.4) is 0 Å². The average molecular weight is 341 g/mol. The maximum absolute atomic E-state index is 12.5. The minimum absolute atomic E-state index is 0.172. The van der Waals surface area contributed by atoms with Gasteiger partial charge in [0.05, 0.1) is 31.5 Å². The van der Waals surface area contributed by atoms with Crippen LogP contribution >= 0.6 is 0 Å². The molecule has 1 aromatic rings. The van der Waals surface area contributed by atoms with Gasteiger partial charge in [-0.3, -0.25) is 4.79 Å². The van der Waals surface area contributed by atoms with E-state index >= 15 is 0 Å². The van der Waals surface area contributed by atoms with Crippen LogP contribution in [0.25, 0.3) is 0 Å². The number of hydrogen-bond donors (Lipinski definition) is 0. The van der Waals surface area contributed by atoms with Gasteiger partial charge in [0.2, 0.25) is 10.0 Å². The molecule has 0 radical (unpaired) electrons.